The van der Waals surface area contributed by atoms with E-state index in [2.05, 4.69) is 23.6 Å². The van der Waals surface area contributed by atoms with Crippen LogP contribution in [0.2, 0.25) is 0 Å². The highest BCUT2D eigenvalue weighted by Gasteiger charge is 2.15. The minimum Gasteiger partial charge on any atom is -0.327 e. The molecule has 0 fully saturated rings. The fourth-order valence-electron chi connectivity index (χ4n) is 0.732. The van der Waals surface area contributed by atoms with E-state index < -0.39 is 5.62 Å². The summed E-state index contributed by atoms with van der Waals surface area (Å²) in [6.45, 7) is 8.91. The van der Waals surface area contributed by atoms with E-state index in [-0.39, 0.29) is 0 Å². The number of hydrogen-bond acceptors (Lipinski definition) is 4. The van der Waals surface area contributed by atoms with Crippen molar-refractivity contribution in [1.82, 2.24) is 5.09 Å². The Morgan fingerprint density at radius 1 is 1.60 bits per heavy atom. The van der Waals surface area contributed by atoms with E-state index in [1.165, 1.54) is 0 Å². The van der Waals surface area contributed by atoms with Gasteiger partial charge in [0.2, 0.25) is 5.62 Å². The molecular weight excluding hydrogens is 247 g/mol. The van der Waals surface area contributed by atoms with Gasteiger partial charge in [-0.2, -0.15) is 0 Å². The molecule has 0 saturated heterocycles. The molecule has 6 heteroatoms. The van der Waals surface area contributed by atoms with Gasteiger partial charge in [0.25, 0.3) is 0 Å². The van der Waals surface area contributed by atoms with Crippen molar-refractivity contribution >= 4 is 35.1 Å². The van der Waals surface area contributed by atoms with Gasteiger partial charge < -0.3 is 9.61 Å². The predicted octanol–water partition coefficient (Wildman–Crippen LogP) is 3.19. The first-order valence-electron chi connectivity index (χ1n) is 4.94. The van der Waals surface area contributed by atoms with Crippen molar-refractivity contribution in [2.45, 2.75) is 20.3 Å². The fraction of sp³-hybridized carbons (Fsp3) is 0.667. The first-order valence-corrected chi connectivity index (χ1v) is 9.25. The summed E-state index contributed by atoms with van der Waals surface area (Å²) >= 11 is 7.12. The molecule has 0 aromatic heterocycles. The highest BCUT2D eigenvalue weighted by atomic mass is 32.9. The van der Waals surface area contributed by atoms with Crippen molar-refractivity contribution in [3.8, 4) is 0 Å². The van der Waals surface area contributed by atoms with Gasteiger partial charge in [0.1, 0.15) is 0 Å². The van der Waals surface area contributed by atoms with Crippen LogP contribution in [0.4, 0.5) is 0 Å². The van der Waals surface area contributed by atoms with Crippen LogP contribution in [-0.2, 0) is 16.3 Å². The standard InChI is InChI=1S/C9H19N2OPS2/c1-4-7-10-9-11-13(14,12-6-3)15-8-5-2/h4,9H,1,5-8H2,2-3H3,(H,10,11,14). The maximum Gasteiger partial charge on any atom is 0.211 e. The highest BCUT2D eigenvalue weighted by Crippen LogP contribution is 2.55. The summed E-state index contributed by atoms with van der Waals surface area (Å²) in [7, 11) is 0. The third-order valence-corrected chi connectivity index (χ3v) is 7.05. The largest absolute Gasteiger partial charge is 0.327 e. The zero-order valence-corrected chi connectivity index (χ0v) is 11.8. The van der Waals surface area contributed by atoms with Gasteiger partial charge in [0.05, 0.1) is 19.5 Å². The third kappa shape index (κ3) is 8.03. The number of nitrogens with one attached hydrogen (secondary N) is 1. The Hall–Kier alpha value is 0.170. The van der Waals surface area contributed by atoms with E-state index in [9.17, 15) is 0 Å². The van der Waals surface area contributed by atoms with Crippen LogP contribution in [0.5, 0.6) is 0 Å². The van der Waals surface area contributed by atoms with Crippen molar-refractivity contribution in [2.24, 2.45) is 4.99 Å². The number of nitrogens with zero attached hydrogens (tertiary/aromatic N) is 1. The van der Waals surface area contributed by atoms with Gasteiger partial charge in [0, 0.05) is 5.75 Å². The van der Waals surface area contributed by atoms with Gasteiger partial charge in [-0.15, -0.1) is 6.58 Å². The Balaban J connectivity index is 4.11. The van der Waals surface area contributed by atoms with Crippen LogP contribution in [0.1, 0.15) is 20.3 Å². The molecule has 0 aliphatic carbocycles. The molecule has 0 rings (SSSR count). The van der Waals surface area contributed by atoms with Crippen LogP contribution < -0.4 is 5.09 Å². The van der Waals surface area contributed by atoms with Crippen LogP contribution in [0.15, 0.2) is 17.6 Å². The summed E-state index contributed by atoms with van der Waals surface area (Å²) in [5, 5.41) is 3.09. The molecule has 0 heterocycles. The molecule has 0 spiro atoms. The van der Waals surface area contributed by atoms with Crippen molar-refractivity contribution in [3.05, 3.63) is 12.7 Å². The Bertz CT molecular complexity index is 246. The molecule has 15 heavy (non-hydrogen) atoms. The van der Waals surface area contributed by atoms with Crippen LogP contribution in [0, 0.1) is 0 Å². The normalized spacial score (nSPS) is 15.1. The first kappa shape index (κ1) is 15.2. The quantitative estimate of drug-likeness (QED) is 0.301. The smallest absolute Gasteiger partial charge is 0.211 e. The van der Waals surface area contributed by atoms with Gasteiger partial charge in [-0.3, -0.25) is 4.99 Å². The van der Waals surface area contributed by atoms with Crippen molar-refractivity contribution < 1.29 is 4.52 Å². The van der Waals surface area contributed by atoms with E-state index in [4.69, 9.17) is 16.3 Å². The molecule has 0 aliphatic rings. The molecule has 0 bridgehead atoms. The minimum atomic E-state index is -1.96. The lowest BCUT2D eigenvalue weighted by atomic mass is 10.6. The Kier molecular flexibility index (Phi) is 9.51. The lowest BCUT2D eigenvalue weighted by molar-refractivity contribution is 0.383. The Morgan fingerprint density at radius 2 is 2.33 bits per heavy atom. The first-order chi connectivity index (χ1) is 7.18. The summed E-state index contributed by atoms with van der Waals surface area (Å²) in [4.78, 5) is 4.08. The fourth-order valence-corrected chi connectivity index (χ4v) is 5.24. The Morgan fingerprint density at radius 3 is 2.87 bits per heavy atom. The van der Waals surface area contributed by atoms with Crippen LogP contribution in [0.25, 0.3) is 0 Å². The van der Waals surface area contributed by atoms with E-state index >= 15 is 0 Å². The van der Waals surface area contributed by atoms with E-state index in [0.29, 0.717) is 13.2 Å². The van der Waals surface area contributed by atoms with Gasteiger partial charge in [-0.1, -0.05) is 24.4 Å². The van der Waals surface area contributed by atoms with Crippen LogP contribution in [0.3, 0.4) is 0 Å². The van der Waals surface area contributed by atoms with E-state index in [1.54, 1.807) is 23.8 Å². The molecule has 1 N–H and O–H groups in total. The third-order valence-electron chi connectivity index (χ3n) is 1.31. The van der Waals surface area contributed by atoms with E-state index in [0.717, 1.165) is 12.2 Å². The molecule has 1 atom stereocenters. The van der Waals surface area contributed by atoms with Gasteiger partial charge in [-0.05, 0) is 25.2 Å². The summed E-state index contributed by atoms with van der Waals surface area (Å²) in [6.07, 6.45) is 4.48. The van der Waals surface area contributed by atoms with Gasteiger partial charge in [0.15, 0.2) is 0 Å². The van der Waals surface area contributed by atoms with Crippen LogP contribution in [-0.4, -0.2) is 25.2 Å². The summed E-state index contributed by atoms with van der Waals surface area (Å²) < 4.78 is 5.57. The molecule has 1 unspecified atom stereocenters. The van der Waals surface area contributed by atoms with Gasteiger partial charge >= 0.3 is 0 Å². The Labute approximate surface area is 102 Å². The second-order valence-corrected chi connectivity index (χ2v) is 9.39. The molecular formula is C9H19N2OPS2. The van der Waals surface area contributed by atoms with Crippen molar-refractivity contribution in [3.63, 3.8) is 0 Å². The monoisotopic (exact) mass is 266 g/mol. The topological polar surface area (TPSA) is 33.6 Å². The second-order valence-electron chi connectivity index (χ2n) is 2.66. The molecule has 0 radical (unpaired) electrons. The summed E-state index contributed by atoms with van der Waals surface area (Å²) in [5.41, 5.74) is -1.96. The number of hydrogen-bond donors (Lipinski definition) is 1. The van der Waals surface area contributed by atoms with Crippen molar-refractivity contribution in [2.75, 3.05) is 18.9 Å². The SMILES string of the molecule is C=CC/N=C/NP(=S)(OCC)SCCC. The summed E-state index contributed by atoms with van der Waals surface area (Å²) in [6, 6.07) is 0. The van der Waals surface area contributed by atoms with Crippen molar-refractivity contribution in [1.29, 1.82) is 0 Å². The maximum absolute atomic E-state index is 5.57. The molecule has 0 aromatic carbocycles. The maximum atomic E-state index is 5.57. The lowest BCUT2D eigenvalue weighted by Crippen LogP contribution is -2.08. The molecule has 3 nitrogen and oxygen atoms in total. The molecule has 0 aromatic rings. The molecule has 0 aliphatic heterocycles. The molecule has 0 amide bonds. The lowest BCUT2D eigenvalue weighted by Gasteiger charge is -2.19. The van der Waals surface area contributed by atoms with Gasteiger partial charge in [-0.25, -0.2) is 0 Å². The highest BCUT2D eigenvalue weighted by molar-refractivity contribution is 8.68. The molecule has 88 valence electrons. The zero-order chi connectivity index (χ0) is 11.6. The zero-order valence-electron chi connectivity index (χ0n) is 9.31. The average molecular weight is 266 g/mol. The number of rotatable bonds is 9. The summed E-state index contributed by atoms with van der Waals surface area (Å²) in [5.74, 6) is 1.01. The molecule has 0 saturated carbocycles. The second kappa shape index (κ2) is 9.40. The average Bonchev–Trinajstić information content (AvgIpc) is 2.22. The predicted molar refractivity (Wildman–Crippen MR) is 75.4 cm³/mol. The minimum absolute atomic E-state index is 0.604. The number of aliphatic imine (C=N–C) groups is 1. The van der Waals surface area contributed by atoms with E-state index in [1.807, 2.05) is 6.92 Å². The van der Waals surface area contributed by atoms with Crippen LogP contribution >= 0.6 is 17.0 Å².